The molecule has 96 valence electrons. The van der Waals surface area contributed by atoms with E-state index in [2.05, 4.69) is 17.3 Å². The van der Waals surface area contributed by atoms with E-state index in [0.717, 1.165) is 25.7 Å². The summed E-state index contributed by atoms with van der Waals surface area (Å²) in [6, 6.07) is 0.812. The summed E-state index contributed by atoms with van der Waals surface area (Å²) in [5.41, 5.74) is 0. The Bertz CT molecular complexity index is 161. The summed E-state index contributed by atoms with van der Waals surface area (Å²) in [4.78, 5) is 2.47. The van der Waals surface area contributed by atoms with Gasteiger partial charge in [-0.1, -0.05) is 12.8 Å². The molecule has 0 aromatic carbocycles. The van der Waals surface area contributed by atoms with Gasteiger partial charge in [-0.15, -0.1) is 0 Å². The Morgan fingerprint density at radius 2 is 2.00 bits per heavy atom. The molecule has 0 radical (unpaired) electrons. The van der Waals surface area contributed by atoms with Crippen molar-refractivity contribution >= 4 is 0 Å². The van der Waals surface area contributed by atoms with Gasteiger partial charge < -0.3 is 20.1 Å². The first-order valence-corrected chi connectivity index (χ1v) is 6.44. The molecule has 0 amide bonds. The molecule has 0 aromatic rings. The molecule has 4 nitrogen and oxygen atoms in total. The van der Waals surface area contributed by atoms with Gasteiger partial charge in [-0.05, 0) is 19.9 Å². The van der Waals surface area contributed by atoms with Crippen molar-refractivity contribution in [3.05, 3.63) is 0 Å². The quantitative estimate of drug-likeness (QED) is 0.565. The maximum atomic E-state index is 8.51. The smallest absolute Gasteiger partial charge is 0.0698 e. The first-order chi connectivity index (χ1) is 7.84. The fourth-order valence-electron chi connectivity index (χ4n) is 2.22. The third kappa shape index (κ3) is 5.80. The lowest BCUT2D eigenvalue weighted by Crippen LogP contribution is -2.36. The van der Waals surface area contributed by atoms with Crippen LogP contribution in [0.1, 0.15) is 25.7 Å². The lowest BCUT2D eigenvalue weighted by atomic mass is 10.2. The Morgan fingerprint density at radius 3 is 2.69 bits per heavy atom. The van der Waals surface area contributed by atoms with E-state index in [1.807, 2.05) is 0 Å². The minimum absolute atomic E-state index is 0.115. The Kier molecular flexibility index (Phi) is 7.76. The van der Waals surface area contributed by atoms with Crippen LogP contribution in [0.3, 0.4) is 0 Å². The third-order valence-electron chi connectivity index (χ3n) is 3.25. The Morgan fingerprint density at radius 1 is 1.25 bits per heavy atom. The van der Waals surface area contributed by atoms with Crippen LogP contribution in [0.25, 0.3) is 0 Å². The van der Waals surface area contributed by atoms with Crippen LogP contribution in [0.2, 0.25) is 0 Å². The highest BCUT2D eigenvalue weighted by Gasteiger charge is 2.18. The Hall–Kier alpha value is -0.160. The molecule has 0 spiro atoms. The lowest BCUT2D eigenvalue weighted by molar-refractivity contribution is 0.0935. The number of hydrogen-bond donors (Lipinski definition) is 2. The SMILES string of the molecule is CN(CCNCCOCCO)C1CCCC1. The van der Waals surface area contributed by atoms with Crippen molar-refractivity contribution in [3.8, 4) is 0 Å². The maximum absolute atomic E-state index is 8.51. The molecule has 2 N–H and O–H groups in total. The molecule has 1 rings (SSSR count). The number of likely N-dealkylation sites (N-methyl/N-ethyl adjacent to an activating group) is 1. The van der Waals surface area contributed by atoms with Crippen molar-refractivity contribution < 1.29 is 9.84 Å². The normalized spacial score (nSPS) is 17.4. The van der Waals surface area contributed by atoms with Crippen LogP contribution in [0.5, 0.6) is 0 Å². The third-order valence-corrected chi connectivity index (χ3v) is 3.25. The molecule has 1 fully saturated rings. The zero-order valence-corrected chi connectivity index (χ0v) is 10.5. The van der Waals surface area contributed by atoms with E-state index < -0.39 is 0 Å². The lowest BCUT2D eigenvalue weighted by Gasteiger charge is -2.23. The van der Waals surface area contributed by atoms with Crippen molar-refractivity contribution in [3.63, 3.8) is 0 Å². The van der Waals surface area contributed by atoms with E-state index in [-0.39, 0.29) is 6.61 Å². The fourth-order valence-corrected chi connectivity index (χ4v) is 2.22. The zero-order valence-electron chi connectivity index (χ0n) is 10.5. The van der Waals surface area contributed by atoms with Gasteiger partial charge in [0.2, 0.25) is 0 Å². The first kappa shape index (κ1) is 13.9. The number of aliphatic hydroxyl groups is 1. The molecular weight excluding hydrogens is 204 g/mol. The molecule has 0 aliphatic heterocycles. The zero-order chi connectivity index (χ0) is 11.6. The maximum Gasteiger partial charge on any atom is 0.0698 e. The Balaban J connectivity index is 1.86. The number of nitrogens with one attached hydrogen (secondary N) is 1. The van der Waals surface area contributed by atoms with Crippen molar-refractivity contribution in [2.24, 2.45) is 0 Å². The molecule has 0 atom stereocenters. The van der Waals surface area contributed by atoms with Gasteiger partial charge in [0.05, 0.1) is 19.8 Å². The molecule has 0 aromatic heterocycles. The first-order valence-electron chi connectivity index (χ1n) is 6.44. The van der Waals surface area contributed by atoms with Crippen molar-refractivity contribution in [2.75, 3.05) is 46.5 Å². The summed E-state index contributed by atoms with van der Waals surface area (Å²) in [5.74, 6) is 0. The van der Waals surface area contributed by atoms with Gasteiger partial charge in [-0.2, -0.15) is 0 Å². The van der Waals surface area contributed by atoms with E-state index in [0.29, 0.717) is 13.2 Å². The second kappa shape index (κ2) is 8.93. The van der Waals surface area contributed by atoms with Crippen LogP contribution in [0.4, 0.5) is 0 Å². The van der Waals surface area contributed by atoms with Gasteiger partial charge in [-0.25, -0.2) is 0 Å². The summed E-state index contributed by atoms with van der Waals surface area (Å²) in [5, 5.41) is 11.9. The van der Waals surface area contributed by atoms with Crippen LogP contribution in [-0.4, -0.2) is 62.6 Å². The number of rotatable bonds is 9. The van der Waals surface area contributed by atoms with E-state index in [1.165, 1.54) is 25.7 Å². The fraction of sp³-hybridized carbons (Fsp3) is 1.00. The molecular formula is C12H26N2O2. The van der Waals surface area contributed by atoms with Gasteiger partial charge in [-0.3, -0.25) is 0 Å². The van der Waals surface area contributed by atoms with Crippen LogP contribution in [0.15, 0.2) is 0 Å². The number of nitrogens with zero attached hydrogens (tertiary/aromatic N) is 1. The predicted octanol–water partition coefficient (Wildman–Crippen LogP) is 0.459. The molecule has 0 unspecified atom stereocenters. The van der Waals surface area contributed by atoms with Gasteiger partial charge in [0.15, 0.2) is 0 Å². The highest BCUT2D eigenvalue weighted by Crippen LogP contribution is 2.21. The monoisotopic (exact) mass is 230 g/mol. The molecule has 16 heavy (non-hydrogen) atoms. The van der Waals surface area contributed by atoms with Crippen molar-refractivity contribution in [2.45, 2.75) is 31.7 Å². The molecule has 1 aliphatic rings. The van der Waals surface area contributed by atoms with Crippen LogP contribution >= 0.6 is 0 Å². The molecule has 0 saturated heterocycles. The van der Waals surface area contributed by atoms with E-state index in [9.17, 15) is 0 Å². The molecule has 1 aliphatic carbocycles. The van der Waals surface area contributed by atoms with Gasteiger partial charge in [0, 0.05) is 25.7 Å². The molecule has 0 heterocycles. The minimum Gasteiger partial charge on any atom is -0.394 e. The number of hydrogen-bond acceptors (Lipinski definition) is 4. The summed E-state index contributed by atoms with van der Waals surface area (Å²) in [7, 11) is 2.22. The summed E-state index contributed by atoms with van der Waals surface area (Å²) >= 11 is 0. The minimum atomic E-state index is 0.115. The number of ether oxygens (including phenoxy) is 1. The van der Waals surface area contributed by atoms with Crippen molar-refractivity contribution in [1.29, 1.82) is 0 Å². The van der Waals surface area contributed by atoms with E-state index >= 15 is 0 Å². The summed E-state index contributed by atoms with van der Waals surface area (Å²) in [6.45, 7) is 4.26. The van der Waals surface area contributed by atoms with Crippen LogP contribution in [0, 0.1) is 0 Å². The molecule has 1 saturated carbocycles. The highest BCUT2D eigenvalue weighted by atomic mass is 16.5. The molecule has 4 heteroatoms. The van der Waals surface area contributed by atoms with Gasteiger partial charge in [0.25, 0.3) is 0 Å². The number of aliphatic hydroxyl groups excluding tert-OH is 1. The average Bonchev–Trinajstić information content (AvgIpc) is 2.81. The summed E-state index contributed by atoms with van der Waals surface area (Å²) in [6.07, 6.45) is 5.54. The van der Waals surface area contributed by atoms with Crippen molar-refractivity contribution in [1.82, 2.24) is 10.2 Å². The largest absolute Gasteiger partial charge is 0.394 e. The highest BCUT2D eigenvalue weighted by molar-refractivity contribution is 4.75. The topological polar surface area (TPSA) is 44.7 Å². The van der Waals surface area contributed by atoms with Gasteiger partial charge >= 0.3 is 0 Å². The van der Waals surface area contributed by atoms with Crippen LogP contribution in [-0.2, 0) is 4.74 Å². The van der Waals surface area contributed by atoms with E-state index in [4.69, 9.17) is 9.84 Å². The summed E-state index contributed by atoms with van der Waals surface area (Å²) < 4.78 is 5.16. The van der Waals surface area contributed by atoms with Gasteiger partial charge in [0.1, 0.15) is 0 Å². The van der Waals surface area contributed by atoms with E-state index in [1.54, 1.807) is 0 Å². The predicted molar refractivity (Wildman–Crippen MR) is 65.7 cm³/mol. The van der Waals surface area contributed by atoms with Crippen LogP contribution < -0.4 is 5.32 Å². The Labute approximate surface area is 99.0 Å². The molecule has 0 bridgehead atoms. The standard InChI is InChI=1S/C12H26N2O2/c1-14(12-4-2-3-5-12)8-6-13-7-10-16-11-9-15/h12-13,15H,2-11H2,1H3. The second-order valence-electron chi connectivity index (χ2n) is 4.50. The second-order valence-corrected chi connectivity index (χ2v) is 4.50. The average molecular weight is 230 g/mol.